The summed E-state index contributed by atoms with van der Waals surface area (Å²) in [4.78, 5) is 46.1. The van der Waals surface area contributed by atoms with Gasteiger partial charge in [-0.25, -0.2) is 9.97 Å². The first-order valence-corrected chi connectivity index (χ1v) is 19.1. The lowest BCUT2D eigenvalue weighted by molar-refractivity contribution is -0.132. The molecule has 1 saturated carbocycles. The van der Waals surface area contributed by atoms with Gasteiger partial charge in [0.2, 0.25) is 0 Å². The molecule has 0 amide bonds. The molecular formula is C50H36N4O2. The number of Topliss-reactive ketones (excluding diaryl/α,β-unsaturated/α-hetero) is 2. The highest BCUT2D eigenvalue weighted by Crippen LogP contribution is 2.43. The Morgan fingerprint density at radius 3 is 1.23 bits per heavy atom. The van der Waals surface area contributed by atoms with Crippen LogP contribution in [0.1, 0.15) is 42.0 Å². The number of aromatic amines is 2. The van der Waals surface area contributed by atoms with Crippen molar-refractivity contribution < 1.29 is 9.59 Å². The van der Waals surface area contributed by atoms with Crippen LogP contribution in [0.25, 0.3) is 90.4 Å². The number of ketones is 2. The molecule has 3 aromatic heterocycles. The van der Waals surface area contributed by atoms with Crippen LogP contribution >= 0.6 is 0 Å². The van der Waals surface area contributed by atoms with Crippen LogP contribution in [0.15, 0.2) is 146 Å². The smallest absolute Gasteiger partial charge is 0.147 e. The van der Waals surface area contributed by atoms with Gasteiger partial charge in [0.1, 0.15) is 17.5 Å². The molecule has 0 unspecified atom stereocenters. The molecular weight excluding hydrogens is 689 g/mol. The summed E-state index contributed by atoms with van der Waals surface area (Å²) in [6.45, 7) is 0. The van der Waals surface area contributed by atoms with Crippen molar-refractivity contribution in [1.29, 1.82) is 0 Å². The molecule has 7 aromatic rings. The highest BCUT2D eigenvalue weighted by atomic mass is 16.2. The van der Waals surface area contributed by atoms with Crippen molar-refractivity contribution >= 4 is 57.4 Å². The number of carbonyl (C=O) groups excluding carboxylic acids is 2. The molecule has 5 heterocycles. The molecule has 0 atom stereocenters. The number of allylic oxidation sites excluding steroid dienone is 1. The van der Waals surface area contributed by atoms with E-state index in [1.165, 1.54) is 0 Å². The molecule has 3 aliphatic rings. The molecule has 0 spiro atoms. The minimum atomic E-state index is -0.900. The fourth-order valence-corrected chi connectivity index (χ4v) is 8.41. The van der Waals surface area contributed by atoms with Crippen LogP contribution in [-0.2, 0) is 9.59 Å². The summed E-state index contributed by atoms with van der Waals surface area (Å²) >= 11 is 0. The van der Waals surface area contributed by atoms with Crippen molar-refractivity contribution in [2.24, 2.45) is 5.92 Å². The SMILES string of the molecule is O=C1CCCC(=O)C1C1=Cc2nc1c(-c1ccccc1)c1ccc([nH]1)c(-c1ccccc1)c1nc(c(-c3ccccc3)c3ccc([nH]3)c2-c2ccccc2)C=C1. The molecule has 0 radical (unpaired) electrons. The van der Waals surface area contributed by atoms with Crippen LogP contribution in [0.2, 0.25) is 0 Å². The Morgan fingerprint density at radius 2 is 0.804 bits per heavy atom. The van der Waals surface area contributed by atoms with E-state index in [0.717, 1.165) is 78.0 Å². The van der Waals surface area contributed by atoms with E-state index in [9.17, 15) is 9.59 Å². The molecule has 6 nitrogen and oxygen atoms in total. The van der Waals surface area contributed by atoms with Gasteiger partial charge < -0.3 is 9.97 Å². The zero-order chi connectivity index (χ0) is 37.6. The third kappa shape index (κ3) is 5.83. The van der Waals surface area contributed by atoms with E-state index in [0.29, 0.717) is 36.2 Å². The zero-order valence-corrected chi connectivity index (χ0v) is 30.5. The standard InChI is InChI=1S/C50H36N4O2/c55-43-22-13-23-44(56)49(43)35-30-42-47(33-18-9-3-10-19-33)40-27-26-38(52-40)45(31-14-5-1-6-15-31)36-24-25-37(51-36)46(32-16-7-2-8-17-32)39-28-29-41(53-39)48(50(35)54-42)34-20-11-4-12-21-34/h1-12,14-21,24-30,49,52-53H,13,22-23H2. The van der Waals surface area contributed by atoms with E-state index >= 15 is 0 Å². The Bertz CT molecular complexity index is 2890. The molecule has 8 bridgehead atoms. The van der Waals surface area contributed by atoms with E-state index in [2.05, 4.69) is 94.9 Å². The molecule has 6 heteroatoms. The highest BCUT2D eigenvalue weighted by Gasteiger charge is 2.37. The maximum atomic E-state index is 13.8. The van der Waals surface area contributed by atoms with Gasteiger partial charge in [-0.3, -0.25) is 9.59 Å². The van der Waals surface area contributed by atoms with Crippen molar-refractivity contribution in [2.45, 2.75) is 19.3 Å². The molecule has 2 aliphatic heterocycles. The first kappa shape index (κ1) is 33.4. The summed E-state index contributed by atoms with van der Waals surface area (Å²) in [7, 11) is 0. The summed E-state index contributed by atoms with van der Waals surface area (Å²) in [6, 6.07) is 49.3. The van der Waals surface area contributed by atoms with E-state index in [-0.39, 0.29) is 11.6 Å². The molecule has 56 heavy (non-hydrogen) atoms. The number of hydrogen-bond acceptors (Lipinski definition) is 4. The molecule has 0 saturated heterocycles. The maximum absolute atomic E-state index is 13.8. The van der Waals surface area contributed by atoms with Gasteiger partial charge in [0.15, 0.2) is 0 Å². The number of H-pyrrole nitrogens is 2. The zero-order valence-electron chi connectivity index (χ0n) is 30.5. The van der Waals surface area contributed by atoms with Gasteiger partial charge in [-0.2, -0.15) is 0 Å². The van der Waals surface area contributed by atoms with Crippen LogP contribution in [0.5, 0.6) is 0 Å². The third-order valence-electron chi connectivity index (χ3n) is 10.9. The lowest BCUT2D eigenvalue weighted by Crippen LogP contribution is -2.29. The van der Waals surface area contributed by atoms with Crippen LogP contribution in [0, 0.1) is 5.92 Å². The largest absolute Gasteiger partial charge is 0.354 e. The first-order chi connectivity index (χ1) is 27.6. The van der Waals surface area contributed by atoms with Crippen LogP contribution in [0.3, 0.4) is 0 Å². The first-order valence-electron chi connectivity index (χ1n) is 19.1. The summed E-state index contributed by atoms with van der Waals surface area (Å²) < 4.78 is 0. The Kier molecular flexibility index (Phi) is 8.29. The number of nitrogens with zero attached hydrogens (tertiary/aromatic N) is 2. The molecule has 1 fully saturated rings. The average Bonchev–Trinajstić information content (AvgIpc) is 4.07. The molecule has 2 N–H and O–H groups in total. The van der Waals surface area contributed by atoms with Crippen LogP contribution < -0.4 is 0 Å². The summed E-state index contributed by atoms with van der Waals surface area (Å²) in [5.41, 5.74) is 14.6. The Labute approximate surface area is 324 Å². The number of fused-ring (bicyclic) bond motifs is 8. The molecule has 10 rings (SSSR count). The normalized spacial score (nSPS) is 14.2. The Hall–Kier alpha value is -7.18. The predicted octanol–water partition coefficient (Wildman–Crippen LogP) is 11.6. The topological polar surface area (TPSA) is 91.5 Å². The van der Waals surface area contributed by atoms with Gasteiger partial charge in [0.05, 0.1) is 22.8 Å². The third-order valence-corrected chi connectivity index (χ3v) is 10.9. The van der Waals surface area contributed by atoms with Gasteiger partial charge in [0, 0.05) is 57.2 Å². The van der Waals surface area contributed by atoms with Gasteiger partial charge in [0.25, 0.3) is 0 Å². The quantitative estimate of drug-likeness (QED) is 0.173. The van der Waals surface area contributed by atoms with Crippen LogP contribution in [0.4, 0.5) is 0 Å². The van der Waals surface area contributed by atoms with Crippen LogP contribution in [-0.4, -0.2) is 31.5 Å². The van der Waals surface area contributed by atoms with Gasteiger partial charge in [-0.05, 0) is 76.7 Å². The maximum Gasteiger partial charge on any atom is 0.147 e. The second-order valence-corrected chi connectivity index (χ2v) is 14.4. The average molecular weight is 725 g/mol. The van der Waals surface area contributed by atoms with E-state index in [1.807, 2.05) is 78.9 Å². The fourth-order valence-electron chi connectivity index (χ4n) is 8.41. The number of benzene rings is 4. The van der Waals surface area contributed by atoms with E-state index < -0.39 is 5.92 Å². The second kappa shape index (κ2) is 13.9. The summed E-state index contributed by atoms with van der Waals surface area (Å²) in [6.07, 6.45) is 7.48. The van der Waals surface area contributed by atoms with Crippen molar-refractivity contribution in [3.63, 3.8) is 0 Å². The number of carbonyl (C=O) groups is 2. The highest BCUT2D eigenvalue weighted by molar-refractivity contribution is 6.18. The number of rotatable bonds is 5. The second-order valence-electron chi connectivity index (χ2n) is 14.4. The Balaban J connectivity index is 1.43. The number of aromatic nitrogens is 4. The monoisotopic (exact) mass is 724 g/mol. The number of hydrogen-bond donors (Lipinski definition) is 2. The van der Waals surface area contributed by atoms with Crippen molar-refractivity contribution in [1.82, 2.24) is 19.9 Å². The minimum absolute atomic E-state index is 0.0602. The van der Waals surface area contributed by atoms with Crippen molar-refractivity contribution in [2.75, 3.05) is 0 Å². The minimum Gasteiger partial charge on any atom is -0.354 e. The molecule has 4 aromatic carbocycles. The van der Waals surface area contributed by atoms with E-state index in [4.69, 9.17) is 9.97 Å². The van der Waals surface area contributed by atoms with Gasteiger partial charge in [-0.1, -0.05) is 121 Å². The fraction of sp³-hybridized carbons (Fsp3) is 0.0800. The predicted molar refractivity (Wildman–Crippen MR) is 227 cm³/mol. The Morgan fingerprint density at radius 1 is 0.429 bits per heavy atom. The summed E-state index contributed by atoms with van der Waals surface area (Å²) in [5, 5.41) is 0. The lowest BCUT2D eigenvalue weighted by atomic mass is 9.79. The number of nitrogens with one attached hydrogen (secondary N) is 2. The molecule has 1 aliphatic carbocycles. The molecule has 268 valence electrons. The van der Waals surface area contributed by atoms with Gasteiger partial charge in [-0.15, -0.1) is 0 Å². The van der Waals surface area contributed by atoms with Gasteiger partial charge >= 0.3 is 0 Å². The van der Waals surface area contributed by atoms with E-state index in [1.54, 1.807) is 0 Å². The lowest BCUT2D eigenvalue weighted by Gasteiger charge is -2.21. The van der Waals surface area contributed by atoms with Crippen molar-refractivity contribution in [3.05, 3.63) is 168 Å². The summed E-state index contributed by atoms with van der Waals surface area (Å²) in [5.74, 6) is -1.02. The van der Waals surface area contributed by atoms with Crippen molar-refractivity contribution in [3.8, 4) is 44.5 Å².